The number of aliphatic carboxylic acids is 1. The second-order valence-corrected chi connectivity index (χ2v) is 6.56. The molecule has 7 heteroatoms. The second kappa shape index (κ2) is 6.91. The number of hydrogen-bond acceptors (Lipinski definition) is 5. The maximum atomic E-state index is 12.3. The molecule has 6 nitrogen and oxygen atoms in total. The highest BCUT2D eigenvalue weighted by atomic mass is 32.1. The number of amides is 1. The first-order chi connectivity index (χ1) is 10.4. The maximum absolute atomic E-state index is 12.3. The second-order valence-electron chi connectivity index (χ2n) is 5.46. The minimum atomic E-state index is -1.02. The van der Waals surface area contributed by atoms with Crippen LogP contribution in [0, 0.1) is 0 Å². The summed E-state index contributed by atoms with van der Waals surface area (Å²) >= 11 is 1.39. The molecule has 0 spiro atoms. The molecule has 1 aliphatic carbocycles. The van der Waals surface area contributed by atoms with E-state index in [0.717, 1.165) is 29.7 Å². The van der Waals surface area contributed by atoms with Gasteiger partial charge < -0.3 is 15.2 Å². The van der Waals surface area contributed by atoms with Crippen molar-refractivity contribution in [1.82, 2.24) is 0 Å². The number of hydrogen-bond donors (Lipinski definition) is 2. The van der Waals surface area contributed by atoms with Crippen molar-refractivity contribution < 1.29 is 24.2 Å². The summed E-state index contributed by atoms with van der Waals surface area (Å²) in [6.45, 7) is 3.55. The molecule has 1 aromatic rings. The Morgan fingerprint density at radius 2 is 2.00 bits per heavy atom. The highest BCUT2D eigenvalue weighted by molar-refractivity contribution is 7.17. The van der Waals surface area contributed by atoms with Crippen molar-refractivity contribution in [3.05, 3.63) is 16.0 Å². The van der Waals surface area contributed by atoms with Crippen LogP contribution in [0.1, 0.15) is 53.9 Å². The number of rotatable bonds is 6. The van der Waals surface area contributed by atoms with Crippen molar-refractivity contribution in [1.29, 1.82) is 0 Å². The summed E-state index contributed by atoms with van der Waals surface area (Å²) in [6, 6.07) is 0. The van der Waals surface area contributed by atoms with Gasteiger partial charge in [-0.1, -0.05) is 0 Å². The van der Waals surface area contributed by atoms with Gasteiger partial charge in [-0.15, -0.1) is 11.3 Å². The van der Waals surface area contributed by atoms with Crippen molar-refractivity contribution in [2.24, 2.45) is 0 Å². The number of ether oxygens (including phenoxy) is 1. The summed E-state index contributed by atoms with van der Waals surface area (Å²) < 4.78 is 5.26. The molecule has 2 rings (SSSR count). The van der Waals surface area contributed by atoms with E-state index in [2.05, 4.69) is 5.32 Å². The van der Waals surface area contributed by atoms with E-state index in [1.165, 1.54) is 11.3 Å². The molecule has 1 amide bonds. The van der Waals surface area contributed by atoms with E-state index < -0.39 is 17.8 Å². The van der Waals surface area contributed by atoms with Gasteiger partial charge in [-0.2, -0.15) is 0 Å². The average Bonchev–Trinajstić information content (AvgIpc) is 2.95. The van der Waals surface area contributed by atoms with Gasteiger partial charge in [0, 0.05) is 11.3 Å². The van der Waals surface area contributed by atoms with Crippen LogP contribution in [0.3, 0.4) is 0 Å². The van der Waals surface area contributed by atoms with Gasteiger partial charge in [0.25, 0.3) is 0 Å². The molecule has 1 aliphatic rings. The molecule has 22 heavy (non-hydrogen) atoms. The molecule has 0 aromatic carbocycles. The van der Waals surface area contributed by atoms with Crippen LogP contribution in [-0.2, 0) is 27.2 Å². The third kappa shape index (κ3) is 3.85. The number of anilines is 1. The lowest BCUT2D eigenvalue weighted by molar-refractivity contribution is -0.138. The number of carboxylic acid groups (broad SMARTS) is 1. The third-order valence-electron chi connectivity index (χ3n) is 3.29. The van der Waals surface area contributed by atoms with Gasteiger partial charge in [0.2, 0.25) is 5.91 Å². The van der Waals surface area contributed by atoms with Crippen LogP contribution in [0.25, 0.3) is 0 Å². The number of esters is 1. The Morgan fingerprint density at radius 1 is 1.27 bits per heavy atom. The minimum Gasteiger partial charge on any atom is -0.481 e. The van der Waals surface area contributed by atoms with Gasteiger partial charge in [-0.05, 0) is 38.7 Å². The van der Waals surface area contributed by atoms with Gasteiger partial charge in [-0.3, -0.25) is 9.59 Å². The molecule has 0 aliphatic heterocycles. The van der Waals surface area contributed by atoms with Crippen molar-refractivity contribution in [3.63, 3.8) is 0 Å². The van der Waals surface area contributed by atoms with Gasteiger partial charge in [0.15, 0.2) is 0 Å². The summed E-state index contributed by atoms with van der Waals surface area (Å²) in [4.78, 5) is 35.7. The fraction of sp³-hybridized carbons (Fsp3) is 0.533. The largest absolute Gasteiger partial charge is 0.481 e. The van der Waals surface area contributed by atoms with Crippen LogP contribution < -0.4 is 5.32 Å². The predicted molar refractivity (Wildman–Crippen MR) is 82.4 cm³/mol. The highest BCUT2D eigenvalue weighted by Crippen LogP contribution is 2.39. The Morgan fingerprint density at radius 3 is 2.64 bits per heavy atom. The maximum Gasteiger partial charge on any atom is 0.341 e. The fourth-order valence-electron chi connectivity index (χ4n) is 2.39. The molecular formula is C15H19NO5S. The number of carbonyl (C=O) groups excluding carboxylic acids is 2. The highest BCUT2D eigenvalue weighted by Gasteiger charge is 2.28. The van der Waals surface area contributed by atoms with Crippen LogP contribution in [0.15, 0.2) is 0 Å². The molecule has 120 valence electrons. The van der Waals surface area contributed by atoms with Gasteiger partial charge in [0.05, 0.1) is 18.1 Å². The molecule has 0 fully saturated rings. The standard InChI is InChI=1S/C15H19NO5S/c1-8(2)21-15(20)13-9-4-3-5-10(9)22-14(13)16-11(17)6-7-12(18)19/h8H,3-7H2,1-2H3,(H,16,17)(H,18,19). The van der Waals surface area contributed by atoms with E-state index in [4.69, 9.17) is 9.84 Å². The summed E-state index contributed by atoms with van der Waals surface area (Å²) in [5.41, 5.74) is 1.40. The van der Waals surface area contributed by atoms with Crippen molar-refractivity contribution in [2.75, 3.05) is 5.32 Å². The molecule has 0 saturated carbocycles. The first kappa shape index (κ1) is 16.5. The molecule has 0 saturated heterocycles. The number of fused-ring (bicyclic) bond motifs is 1. The first-order valence-electron chi connectivity index (χ1n) is 7.25. The number of nitrogens with one attached hydrogen (secondary N) is 1. The lowest BCUT2D eigenvalue weighted by atomic mass is 10.1. The Bertz CT molecular complexity index is 605. The van der Waals surface area contributed by atoms with E-state index >= 15 is 0 Å². The molecule has 0 atom stereocenters. The van der Waals surface area contributed by atoms with Crippen LogP contribution in [-0.4, -0.2) is 29.1 Å². The molecular weight excluding hydrogens is 306 g/mol. The van der Waals surface area contributed by atoms with Gasteiger partial charge in [-0.25, -0.2) is 4.79 Å². The number of thiophene rings is 1. The van der Waals surface area contributed by atoms with Gasteiger partial charge in [0.1, 0.15) is 5.00 Å². The zero-order valence-corrected chi connectivity index (χ0v) is 13.4. The lowest BCUT2D eigenvalue weighted by Gasteiger charge is -2.10. The molecule has 0 radical (unpaired) electrons. The zero-order chi connectivity index (χ0) is 16.3. The summed E-state index contributed by atoms with van der Waals surface area (Å²) in [7, 11) is 0. The topological polar surface area (TPSA) is 92.7 Å². The van der Waals surface area contributed by atoms with Crippen LogP contribution in [0.4, 0.5) is 5.00 Å². The van der Waals surface area contributed by atoms with E-state index in [1.54, 1.807) is 13.8 Å². The smallest absolute Gasteiger partial charge is 0.341 e. The van der Waals surface area contributed by atoms with Crippen molar-refractivity contribution in [3.8, 4) is 0 Å². The number of carboxylic acids is 1. The Hall–Kier alpha value is -1.89. The Labute approximate surface area is 132 Å². The van der Waals surface area contributed by atoms with E-state index in [-0.39, 0.29) is 18.9 Å². The van der Waals surface area contributed by atoms with E-state index in [1.807, 2.05) is 0 Å². The summed E-state index contributed by atoms with van der Waals surface area (Å²) in [5.74, 6) is -1.85. The number of carbonyl (C=O) groups is 3. The SMILES string of the molecule is CC(C)OC(=O)c1c(NC(=O)CCC(=O)O)sc2c1CCC2. The van der Waals surface area contributed by atoms with Gasteiger partial charge >= 0.3 is 11.9 Å². The lowest BCUT2D eigenvalue weighted by Crippen LogP contribution is -2.17. The Kier molecular flexibility index (Phi) is 5.18. The fourth-order valence-corrected chi connectivity index (χ4v) is 3.68. The molecule has 0 bridgehead atoms. The molecule has 1 aromatic heterocycles. The number of aryl methyl sites for hydroxylation is 1. The predicted octanol–water partition coefficient (Wildman–Crippen LogP) is 2.61. The van der Waals surface area contributed by atoms with Crippen LogP contribution >= 0.6 is 11.3 Å². The molecule has 0 unspecified atom stereocenters. The van der Waals surface area contributed by atoms with Crippen LogP contribution in [0.2, 0.25) is 0 Å². The quantitative estimate of drug-likeness (QED) is 0.784. The summed E-state index contributed by atoms with van der Waals surface area (Å²) in [5, 5.41) is 11.8. The molecule has 1 heterocycles. The minimum absolute atomic E-state index is 0.115. The van der Waals surface area contributed by atoms with Crippen molar-refractivity contribution in [2.45, 2.75) is 52.1 Å². The normalized spacial score (nSPS) is 13.0. The Balaban J connectivity index is 2.18. The molecule has 2 N–H and O–H groups in total. The van der Waals surface area contributed by atoms with Crippen LogP contribution in [0.5, 0.6) is 0 Å². The van der Waals surface area contributed by atoms with E-state index in [0.29, 0.717) is 10.6 Å². The summed E-state index contributed by atoms with van der Waals surface area (Å²) in [6.07, 6.45) is 2.11. The third-order valence-corrected chi connectivity index (χ3v) is 4.49. The zero-order valence-electron chi connectivity index (χ0n) is 12.6. The van der Waals surface area contributed by atoms with Crippen molar-refractivity contribution >= 4 is 34.2 Å². The van der Waals surface area contributed by atoms with E-state index in [9.17, 15) is 14.4 Å². The average molecular weight is 325 g/mol. The monoisotopic (exact) mass is 325 g/mol. The first-order valence-corrected chi connectivity index (χ1v) is 8.07.